The molecule has 0 aliphatic rings. The van der Waals surface area contributed by atoms with Crippen LogP contribution in [-0.2, 0) is 10.3 Å². The third-order valence-corrected chi connectivity index (χ3v) is 4.49. The minimum absolute atomic E-state index is 0.111. The van der Waals surface area contributed by atoms with E-state index in [0.29, 0.717) is 0 Å². The van der Waals surface area contributed by atoms with Gasteiger partial charge in [0.1, 0.15) is 5.54 Å². The van der Waals surface area contributed by atoms with Gasteiger partial charge < -0.3 is 16.4 Å². The summed E-state index contributed by atoms with van der Waals surface area (Å²) in [4.78, 5) is 14.4. The number of carbonyl (C=O) groups is 1. The number of amides is 1. The largest absolute Gasteiger partial charge is 0.331 e. The second kappa shape index (κ2) is 7.43. The molecule has 0 spiro atoms. The van der Waals surface area contributed by atoms with Crippen molar-refractivity contribution in [1.82, 2.24) is 4.90 Å². The third-order valence-electron chi connectivity index (χ3n) is 4.49. The SMILES string of the molecule is C=CC(C)C(N)(C(=O)N(C)CN)c1cccc(-c2ccccc2)c1. The van der Waals surface area contributed by atoms with E-state index in [2.05, 4.69) is 6.58 Å². The summed E-state index contributed by atoms with van der Waals surface area (Å²) in [6.45, 7) is 5.82. The van der Waals surface area contributed by atoms with E-state index >= 15 is 0 Å². The highest BCUT2D eigenvalue weighted by Crippen LogP contribution is 2.32. The van der Waals surface area contributed by atoms with Crippen molar-refractivity contribution in [3.8, 4) is 11.1 Å². The van der Waals surface area contributed by atoms with Crippen molar-refractivity contribution in [2.24, 2.45) is 17.4 Å². The van der Waals surface area contributed by atoms with Gasteiger partial charge in [0.25, 0.3) is 0 Å². The molecule has 0 saturated carbocycles. The van der Waals surface area contributed by atoms with E-state index in [1.54, 1.807) is 13.1 Å². The number of rotatable bonds is 6. The summed E-state index contributed by atoms with van der Waals surface area (Å²) in [5.74, 6) is -0.465. The quantitative estimate of drug-likeness (QED) is 0.634. The monoisotopic (exact) mass is 323 g/mol. The van der Waals surface area contributed by atoms with E-state index in [9.17, 15) is 4.79 Å². The molecule has 1 amide bonds. The zero-order valence-corrected chi connectivity index (χ0v) is 14.3. The lowest BCUT2D eigenvalue weighted by Crippen LogP contribution is -2.56. The molecule has 0 bridgehead atoms. The summed E-state index contributed by atoms with van der Waals surface area (Å²) in [6, 6.07) is 17.8. The van der Waals surface area contributed by atoms with Crippen LogP contribution in [0.2, 0.25) is 0 Å². The van der Waals surface area contributed by atoms with Crippen LogP contribution in [-0.4, -0.2) is 24.5 Å². The molecule has 4 heteroatoms. The predicted octanol–water partition coefficient (Wildman–Crippen LogP) is 2.70. The van der Waals surface area contributed by atoms with Gasteiger partial charge in [-0.25, -0.2) is 0 Å². The number of nitrogens with zero attached hydrogens (tertiary/aromatic N) is 1. The summed E-state index contributed by atoms with van der Waals surface area (Å²) in [5, 5.41) is 0. The van der Waals surface area contributed by atoms with E-state index in [4.69, 9.17) is 11.5 Å². The van der Waals surface area contributed by atoms with Gasteiger partial charge in [-0.2, -0.15) is 0 Å². The topological polar surface area (TPSA) is 72.4 Å². The molecule has 0 aliphatic carbocycles. The molecular weight excluding hydrogens is 298 g/mol. The number of likely N-dealkylation sites (N-methyl/N-ethyl adjacent to an activating group) is 1. The minimum atomic E-state index is -1.21. The molecule has 0 aliphatic heterocycles. The third kappa shape index (κ3) is 3.25. The Hall–Kier alpha value is -2.43. The summed E-state index contributed by atoms with van der Waals surface area (Å²) in [7, 11) is 1.65. The van der Waals surface area contributed by atoms with Crippen LogP contribution in [0.3, 0.4) is 0 Å². The highest BCUT2D eigenvalue weighted by Gasteiger charge is 2.41. The molecule has 4 N–H and O–H groups in total. The molecule has 0 saturated heterocycles. The Morgan fingerprint density at radius 3 is 2.42 bits per heavy atom. The van der Waals surface area contributed by atoms with Gasteiger partial charge in [-0.1, -0.05) is 61.5 Å². The summed E-state index contributed by atoms with van der Waals surface area (Å²) >= 11 is 0. The summed E-state index contributed by atoms with van der Waals surface area (Å²) in [5.41, 5.74) is 13.9. The fourth-order valence-electron chi connectivity index (χ4n) is 2.75. The molecule has 126 valence electrons. The standard InChI is InChI=1S/C20H25N3O/c1-4-15(2)20(22,19(24)23(3)14-21)18-12-8-11-17(13-18)16-9-6-5-7-10-16/h4-13,15H,1,14,21-22H2,2-3H3. The fourth-order valence-corrected chi connectivity index (χ4v) is 2.75. The zero-order valence-electron chi connectivity index (χ0n) is 14.3. The molecule has 2 unspecified atom stereocenters. The molecule has 2 atom stereocenters. The van der Waals surface area contributed by atoms with Crippen molar-refractivity contribution >= 4 is 5.91 Å². The highest BCUT2D eigenvalue weighted by molar-refractivity contribution is 5.88. The van der Waals surface area contributed by atoms with E-state index in [1.165, 1.54) is 4.90 Å². The van der Waals surface area contributed by atoms with Crippen LogP contribution >= 0.6 is 0 Å². The van der Waals surface area contributed by atoms with Crippen molar-refractivity contribution in [2.45, 2.75) is 12.5 Å². The number of hydrogen-bond donors (Lipinski definition) is 2. The fraction of sp³-hybridized carbons (Fsp3) is 0.250. The van der Waals surface area contributed by atoms with E-state index < -0.39 is 5.54 Å². The molecule has 2 aromatic carbocycles. The first-order chi connectivity index (χ1) is 11.4. The van der Waals surface area contributed by atoms with Gasteiger partial charge in [0.05, 0.1) is 6.67 Å². The molecule has 0 aromatic heterocycles. The lowest BCUT2D eigenvalue weighted by Gasteiger charge is -2.36. The van der Waals surface area contributed by atoms with Crippen LogP contribution in [0.25, 0.3) is 11.1 Å². The molecule has 4 nitrogen and oxygen atoms in total. The normalized spacial score (nSPS) is 14.5. The first-order valence-corrected chi connectivity index (χ1v) is 7.98. The Morgan fingerprint density at radius 2 is 1.83 bits per heavy atom. The second-order valence-corrected chi connectivity index (χ2v) is 6.03. The lowest BCUT2D eigenvalue weighted by atomic mass is 9.78. The molecule has 0 fully saturated rings. The molecule has 24 heavy (non-hydrogen) atoms. The first-order valence-electron chi connectivity index (χ1n) is 7.98. The Kier molecular flexibility index (Phi) is 5.54. The molecule has 0 heterocycles. The van der Waals surface area contributed by atoms with Crippen LogP contribution in [0.15, 0.2) is 67.3 Å². The smallest absolute Gasteiger partial charge is 0.248 e. The Balaban J connectivity index is 2.55. The number of nitrogens with two attached hydrogens (primary N) is 2. The maximum atomic E-state index is 12.9. The van der Waals surface area contributed by atoms with Crippen molar-refractivity contribution in [3.05, 3.63) is 72.8 Å². The number of carbonyl (C=O) groups excluding carboxylic acids is 1. The van der Waals surface area contributed by atoms with Gasteiger partial charge in [-0.3, -0.25) is 4.79 Å². The molecule has 0 radical (unpaired) electrons. The maximum absolute atomic E-state index is 12.9. The molecule has 2 aromatic rings. The number of benzene rings is 2. The highest BCUT2D eigenvalue weighted by atomic mass is 16.2. The minimum Gasteiger partial charge on any atom is -0.331 e. The Labute approximate surface area is 143 Å². The van der Waals surface area contributed by atoms with Gasteiger partial charge >= 0.3 is 0 Å². The van der Waals surface area contributed by atoms with Crippen LogP contribution in [0.4, 0.5) is 0 Å². The first kappa shape index (κ1) is 17.9. The average molecular weight is 323 g/mol. The average Bonchev–Trinajstić information content (AvgIpc) is 2.66. The lowest BCUT2D eigenvalue weighted by molar-refractivity contribution is -0.137. The van der Waals surface area contributed by atoms with Gasteiger partial charge in [0.2, 0.25) is 5.91 Å². The molecule has 2 rings (SSSR count). The summed E-state index contributed by atoms with van der Waals surface area (Å²) < 4.78 is 0. The predicted molar refractivity (Wildman–Crippen MR) is 98.9 cm³/mol. The van der Waals surface area contributed by atoms with Crippen LogP contribution in [0.1, 0.15) is 12.5 Å². The Morgan fingerprint density at radius 1 is 1.21 bits per heavy atom. The maximum Gasteiger partial charge on any atom is 0.248 e. The van der Waals surface area contributed by atoms with Gasteiger partial charge in [-0.15, -0.1) is 6.58 Å². The van der Waals surface area contributed by atoms with Gasteiger partial charge in [0.15, 0.2) is 0 Å². The van der Waals surface area contributed by atoms with Crippen LogP contribution in [0.5, 0.6) is 0 Å². The van der Waals surface area contributed by atoms with Crippen LogP contribution < -0.4 is 11.5 Å². The van der Waals surface area contributed by atoms with Crippen molar-refractivity contribution in [2.75, 3.05) is 13.7 Å². The van der Waals surface area contributed by atoms with Gasteiger partial charge in [-0.05, 0) is 22.8 Å². The Bertz CT molecular complexity index is 714. The van der Waals surface area contributed by atoms with E-state index in [1.807, 2.05) is 61.5 Å². The van der Waals surface area contributed by atoms with Crippen LogP contribution in [0, 0.1) is 5.92 Å². The van der Waals surface area contributed by atoms with Gasteiger partial charge in [0, 0.05) is 13.0 Å². The second-order valence-electron chi connectivity index (χ2n) is 6.03. The summed E-state index contributed by atoms with van der Waals surface area (Å²) in [6.07, 6.45) is 1.71. The molecular formula is C20H25N3O. The van der Waals surface area contributed by atoms with E-state index in [-0.39, 0.29) is 18.5 Å². The van der Waals surface area contributed by atoms with E-state index in [0.717, 1.165) is 16.7 Å². The van der Waals surface area contributed by atoms with Crippen molar-refractivity contribution < 1.29 is 4.79 Å². The van der Waals surface area contributed by atoms with Crippen molar-refractivity contribution in [3.63, 3.8) is 0 Å². The zero-order chi connectivity index (χ0) is 17.7. The number of hydrogen-bond acceptors (Lipinski definition) is 3. The van der Waals surface area contributed by atoms with Crippen molar-refractivity contribution in [1.29, 1.82) is 0 Å².